The summed E-state index contributed by atoms with van der Waals surface area (Å²) < 4.78 is 10.7. The van der Waals surface area contributed by atoms with Gasteiger partial charge in [-0.3, -0.25) is 0 Å². The quantitative estimate of drug-likeness (QED) is 0.811. The number of hydrogen-bond donors (Lipinski definition) is 2. The molecule has 18 heavy (non-hydrogen) atoms. The first kappa shape index (κ1) is 15.2. The van der Waals surface area contributed by atoms with E-state index in [0.717, 1.165) is 19.3 Å². The fourth-order valence-electron chi connectivity index (χ4n) is 1.91. The SMILES string of the molecule is CC(C)(C)OC(=O)NCC(C)(O)C1CCCCO1. The molecule has 1 saturated heterocycles. The highest BCUT2D eigenvalue weighted by Gasteiger charge is 2.34. The van der Waals surface area contributed by atoms with Crippen LogP contribution in [-0.4, -0.2) is 41.7 Å². The molecule has 0 spiro atoms. The maximum absolute atomic E-state index is 11.5. The Labute approximate surface area is 109 Å². The number of amides is 1. The van der Waals surface area contributed by atoms with Gasteiger partial charge in [0.1, 0.15) is 11.2 Å². The minimum Gasteiger partial charge on any atom is -0.444 e. The summed E-state index contributed by atoms with van der Waals surface area (Å²) in [5.74, 6) is 0. The molecule has 2 unspecified atom stereocenters. The molecule has 5 nitrogen and oxygen atoms in total. The molecule has 2 atom stereocenters. The zero-order valence-electron chi connectivity index (χ0n) is 11.8. The Morgan fingerprint density at radius 1 is 1.39 bits per heavy atom. The lowest BCUT2D eigenvalue weighted by atomic mass is 9.93. The largest absolute Gasteiger partial charge is 0.444 e. The van der Waals surface area contributed by atoms with E-state index in [-0.39, 0.29) is 12.6 Å². The van der Waals surface area contributed by atoms with Crippen LogP contribution in [0.3, 0.4) is 0 Å². The van der Waals surface area contributed by atoms with Crippen molar-refractivity contribution in [3.05, 3.63) is 0 Å². The van der Waals surface area contributed by atoms with Gasteiger partial charge in [-0.2, -0.15) is 0 Å². The van der Waals surface area contributed by atoms with Crippen LogP contribution < -0.4 is 5.32 Å². The second kappa shape index (κ2) is 5.89. The Kier molecular flexibility index (Phi) is 4.99. The second-order valence-corrected chi connectivity index (χ2v) is 6.07. The van der Waals surface area contributed by atoms with Crippen LogP contribution in [0.25, 0.3) is 0 Å². The maximum Gasteiger partial charge on any atom is 0.407 e. The monoisotopic (exact) mass is 259 g/mol. The summed E-state index contributed by atoms with van der Waals surface area (Å²) in [6.45, 7) is 7.89. The predicted octanol–water partition coefficient (Wildman–Crippen LogP) is 1.83. The summed E-state index contributed by atoms with van der Waals surface area (Å²) in [5, 5.41) is 12.9. The first-order chi connectivity index (χ1) is 8.21. The van der Waals surface area contributed by atoms with Gasteiger partial charge >= 0.3 is 6.09 Å². The fraction of sp³-hybridized carbons (Fsp3) is 0.923. The first-order valence-electron chi connectivity index (χ1n) is 6.51. The molecule has 1 heterocycles. The lowest BCUT2D eigenvalue weighted by Gasteiger charge is -2.35. The van der Waals surface area contributed by atoms with Crippen LogP contribution in [0.15, 0.2) is 0 Å². The molecule has 0 bridgehead atoms. The Balaban J connectivity index is 2.38. The molecule has 5 heteroatoms. The Morgan fingerprint density at radius 2 is 2.06 bits per heavy atom. The van der Waals surface area contributed by atoms with E-state index in [1.165, 1.54) is 0 Å². The van der Waals surface area contributed by atoms with Crippen molar-refractivity contribution >= 4 is 6.09 Å². The Hall–Kier alpha value is -0.810. The predicted molar refractivity (Wildman–Crippen MR) is 68.5 cm³/mol. The van der Waals surface area contributed by atoms with Crippen LogP contribution in [0, 0.1) is 0 Å². The van der Waals surface area contributed by atoms with Gasteiger partial charge in [0, 0.05) is 6.61 Å². The summed E-state index contributed by atoms with van der Waals surface area (Å²) in [7, 11) is 0. The van der Waals surface area contributed by atoms with Crippen LogP contribution >= 0.6 is 0 Å². The average Bonchev–Trinajstić information content (AvgIpc) is 2.26. The number of nitrogens with one attached hydrogen (secondary N) is 1. The van der Waals surface area contributed by atoms with E-state index in [1.807, 2.05) is 0 Å². The highest BCUT2D eigenvalue weighted by Crippen LogP contribution is 2.23. The van der Waals surface area contributed by atoms with E-state index in [9.17, 15) is 9.90 Å². The molecule has 0 aliphatic carbocycles. The first-order valence-corrected chi connectivity index (χ1v) is 6.51. The summed E-state index contributed by atoms with van der Waals surface area (Å²) in [6, 6.07) is 0. The van der Waals surface area contributed by atoms with Gasteiger partial charge in [-0.05, 0) is 47.0 Å². The minimum atomic E-state index is -1.06. The number of carbonyl (C=O) groups excluding carboxylic acids is 1. The zero-order valence-corrected chi connectivity index (χ0v) is 11.8. The van der Waals surface area contributed by atoms with Crippen LogP contribution in [0.2, 0.25) is 0 Å². The molecular weight excluding hydrogens is 234 g/mol. The van der Waals surface area contributed by atoms with Crippen molar-refractivity contribution in [2.24, 2.45) is 0 Å². The van der Waals surface area contributed by atoms with Crippen LogP contribution in [0.1, 0.15) is 47.0 Å². The van der Waals surface area contributed by atoms with Crippen molar-refractivity contribution in [2.45, 2.75) is 64.3 Å². The molecule has 1 rings (SSSR count). The molecule has 1 amide bonds. The molecule has 1 fully saturated rings. The molecule has 0 aromatic rings. The van der Waals surface area contributed by atoms with Gasteiger partial charge < -0.3 is 19.9 Å². The van der Waals surface area contributed by atoms with Gasteiger partial charge in [0.2, 0.25) is 0 Å². The number of ether oxygens (including phenoxy) is 2. The third-order valence-electron chi connectivity index (χ3n) is 2.86. The molecule has 2 N–H and O–H groups in total. The topological polar surface area (TPSA) is 67.8 Å². The zero-order chi connectivity index (χ0) is 13.8. The van der Waals surface area contributed by atoms with E-state index in [0.29, 0.717) is 6.61 Å². The van der Waals surface area contributed by atoms with Crippen molar-refractivity contribution in [1.82, 2.24) is 5.32 Å². The van der Waals surface area contributed by atoms with Crippen LogP contribution in [0.5, 0.6) is 0 Å². The van der Waals surface area contributed by atoms with E-state index in [4.69, 9.17) is 9.47 Å². The summed E-state index contributed by atoms with van der Waals surface area (Å²) >= 11 is 0. The highest BCUT2D eigenvalue weighted by molar-refractivity contribution is 5.67. The molecule has 1 aliphatic heterocycles. The van der Waals surface area contributed by atoms with E-state index in [1.54, 1.807) is 27.7 Å². The van der Waals surface area contributed by atoms with Crippen LogP contribution in [0.4, 0.5) is 4.79 Å². The molecule has 106 valence electrons. The number of alkyl carbamates (subject to hydrolysis) is 1. The Bertz CT molecular complexity index is 277. The molecule has 0 aromatic heterocycles. The molecule has 0 aromatic carbocycles. The normalized spacial score (nSPS) is 24.2. The van der Waals surface area contributed by atoms with Gasteiger partial charge in [-0.25, -0.2) is 4.79 Å². The van der Waals surface area contributed by atoms with E-state index < -0.39 is 17.3 Å². The van der Waals surface area contributed by atoms with Gasteiger partial charge in [-0.15, -0.1) is 0 Å². The lowest BCUT2D eigenvalue weighted by Crippen LogP contribution is -2.51. The molecular formula is C13H25NO4. The highest BCUT2D eigenvalue weighted by atomic mass is 16.6. The summed E-state index contributed by atoms with van der Waals surface area (Å²) in [5.41, 5.74) is -1.59. The fourth-order valence-corrected chi connectivity index (χ4v) is 1.91. The maximum atomic E-state index is 11.5. The van der Waals surface area contributed by atoms with Crippen molar-refractivity contribution in [2.75, 3.05) is 13.2 Å². The van der Waals surface area contributed by atoms with Crippen molar-refractivity contribution in [3.8, 4) is 0 Å². The van der Waals surface area contributed by atoms with Crippen molar-refractivity contribution in [3.63, 3.8) is 0 Å². The third-order valence-corrected chi connectivity index (χ3v) is 2.86. The lowest BCUT2D eigenvalue weighted by molar-refractivity contribution is -0.115. The van der Waals surface area contributed by atoms with E-state index >= 15 is 0 Å². The smallest absolute Gasteiger partial charge is 0.407 e. The van der Waals surface area contributed by atoms with Crippen LogP contribution in [-0.2, 0) is 9.47 Å². The molecule has 1 aliphatic rings. The number of rotatable bonds is 3. The van der Waals surface area contributed by atoms with Gasteiger partial charge in [-0.1, -0.05) is 0 Å². The van der Waals surface area contributed by atoms with E-state index in [2.05, 4.69) is 5.32 Å². The third kappa shape index (κ3) is 5.23. The van der Waals surface area contributed by atoms with Crippen molar-refractivity contribution in [1.29, 1.82) is 0 Å². The number of carbonyl (C=O) groups is 1. The van der Waals surface area contributed by atoms with Crippen molar-refractivity contribution < 1.29 is 19.4 Å². The number of aliphatic hydroxyl groups is 1. The molecule has 0 radical (unpaired) electrons. The standard InChI is InChI=1S/C13H25NO4/c1-12(2,3)18-11(15)14-9-13(4,16)10-7-5-6-8-17-10/h10,16H,5-9H2,1-4H3,(H,14,15). The minimum absolute atomic E-state index is 0.132. The Morgan fingerprint density at radius 3 is 2.56 bits per heavy atom. The summed E-state index contributed by atoms with van der Waals surface area (Å²) in [6.07, 6.45) is 2.17. The van der Waals surface area contributed by atoms with Gasteiger partial charge in [0.05, 0.1) is 12.6 Å². The van der Waals surface area contributed by atoms with Gasteiger partial charge in [0.15, 0.2) is 0 Å². The summed E-state index contributed by atoms with van der Waals surface area (Å²) in [4.78, 5) is 11.5. The second-order valence-electron chi connectivity index (χ2n) is 6.07. The number of hydrogen-bond acceptors (Lipinski definition) is 4. The molecule has 0 saturated carbocycles. The average molecular weight is 259 g/mol. The van der Waals surface area contributed by atoms with Gasteiger partial charge in [0.25, 0.3) is 0 Å².